The first-order valence-electron chi connectivity index (χ1n) is 6.85. The quantitative estimate of drug-likeness (QED) is 0.832. The van der Waals surface area contributed by atoms with Crippen molar-refractivity contribution in [2.24, 2.45) is 0 Å². The fourth-order valence-electron chi connectivity index (χ4n) is 2.17. The number of likely N-dealkylation sites (N-methyl/N-ethyl adjacent to an activating group) is 1. The SMILES string of the molecule is COCC(C)N(C)c1ccc(Cl)cc1CNC1CC1. The van der Waals surface area contributed by atoms with Crippen LogP contribution < -0.4 is 10.2 Å². The van der Waals surface area contributed by atoms with Gasteiger partial charge in [0.05, 0.1) is 6.61 Å². The van der Waals surface area contributed by atoms with E-state index in [0.717, 1.165) is 11.6 Å². The Morgan fingerprint density at radius 2 is 2.21 bits per heavy atom. The maximum Gasteiger partial charge on any atom is 0.0663 e. The Hall–Kier alpha value is -0.770. The van der Waals surface area contributed by atoms with Crippen LogP contribution in [0.3, 0.4) is 0 Å². The number of ether oxygens (including phenoxy) is 1. The number of hydrogen-bond donors (Lipinski definition) is 1. The minimum absolute atomic E-state index is 0.339. The lowest BCUT2D eigenvalue weighted by Gasteiger charge is -2.29. The van der Waals surface area contributed by atoms with Crippen LogP contribution >= 0.6 is 11.6 Å². The zero-order valence-corrected chi connectivity index (χ0v) is 12.7. The average Bonchev–Trinajstić information content (AvgIpc) is 3.20. The summed E-state index contributed by atoms with van der Waals surface area (Å²) in [7, 11) is 3.84. The molecule has 0 heterocycles. The number of hydrogen-bond acceptors (Lipinski definition) is 3. The lowest BCUT2D eigenvalue weighted by Crippen LogP contribution is -2.33. The summed E-state index contributed by atoms with van der Waals surface area (Å²) in [5.74, 6) is 0. The number of benzene rings is 1. The highest BCUT2D eigenvalue weighted by molar-refractivity contribution is 6.30. The predicted molar refractivity (Wildman–Crippen MR) is 81.1 cm³/mol. The number of nitrogens with one attached hydrogen (secondary N) is 1. The standard InChI is InChI=1S/C15H23ClN2O/c1-11(10-19-3)18(2)15-7-4-13(16)8-12(15)9-17-14-5-6-14/h4,7-8,11,14,17H,5-6,9-10H2,1-3H3. The molecule has 0 aromatic heterocycles. The van der Waals surface area contributed by atoms with E-state index in [1.54, 1.807) is 7.11 Å². The largest absolute Gasteiger partial charge is 0.383 e. The minimum Gasteiger partial charge on any atom is -0.383 e. The fraction of sp³-hybridized carbons (Fsp3) is 0.600. The molecular formula is C15H23ClN2O. The van der Waals surface area contributed by atoms with Crippen LogP contribution in [0.1, 0.15) is 25.3 Å². The Balaban J connectivity index is 2.11. The van der Waals surface area contributed by atoms with E-state index in [2.05, 4.69) is 36.3 Å². The highest BCUT2D eigenvalue weighted by atomic mass is 35.5. The van der Waals surface area contributed by atoms with Gasteiger partial charge in [-0.3, -0.25) is 0 Å². The molecule has 1 unspecified atom stereocenters. The topological polar surface area (TPSA) is 24.5 Å². The van der Waals surface area contributed by atoms with Crippen molar-refractivity contribution in [2.45, 2.75) is 38.4 Å². The van der Waals surface area contributed by atoms with E-state index in [1.165, 1.54) is 24.1 Å². The molecule has 1 aliphatic rings. The molecule has 3 nitrogen and oxygen atoms in total. The molecule has 0 bridgehead atoms. The summed E-state index contributed by atoms with van der Waals surface area (Å²) in [5.41, 5.74) is 2.48. The zero-order chi connectivity index (χ0) is 13.8. The molecule has 1 fully saturated rings. The van der Waals surface area contributed by atoms with Crippen LogP contribution in [0, 0.1) is 0 Å². The van der Waals surface area contributed by atoms with E-state index in [9.17, 15) is 0 Å². The second-order valence-electron chi connectivity index (χ2n) is 5.34. The number of halogens is 1. The number of rotatable bonds is 7. The molecule has 4 heteroatoms. The molecule has 0 radical (unpaired) electrons. The molecule has 0 amide bonds. The highest BCUT2D eigenvalue weighted by Crippen LogP contribution is 2.27. The van der Waals surface area contributed by atoms with Crippen LogP contribution in [-0.4, -0.2) is 32.8 Å². The Morgan fingerprint density at radius 1 is 1.47 bits per heavy atom. The highest BCUT2D eigenvalue weighted by Gasteiger charge is 2.21. The van der Waals surface area contributed by atoms with E-state index in [1.807, 2.05) is 6.07 Å². The van der Waals surface area contributed by atoms with E-state index in [4.69, 9.17) is 16.3 Å². The number of methoxy groups -OCH3 is 1. The van der Waals surface area contributed by atoms with E-state index >= 15 is 0 Å². The Kier molecular flexibility index (Phi) is 5.08. The molecule has 1 aliphatic carbocycles. The minimum atomic E-state index is 0.339. The summed E-state index contributed by atoms with van der Waals surface area (Å²) >= 11 is 6.12. The van der Waals surface area contributed by atoms with Crippen molar-refractivity contribution >= 4 is 17.3 Å². The lowest BCUT2D eigenvalue weighted by molar-refractivity contribution is 0.183. The summed E-state index contributed by atoms with van der Waals surface area (Å²) in [4.78, 5) is 2.25. The third kappa shape index (κ3) is 4.10. The smallest absolute Gasteiger partial charge is 0.0663 e. The van der Waals surface area contributed by atoms with E-state index in [-0.39, 0.29) is 0 Å². The molecule has 1 saturated carbocycles. The zero-order valence-electron chi connectivity index (χ0n) is 11.9. The maximum atomic E-state index is 6.12. The van der Waals surface area contributed by atoms with Crippen molar-refractivity contribution in [3.05, 3.63) is 28.8 Å². The molecule has 2 rings (SSSR count). The third-order valence-corrected chi connectivity index (χ3v) is 3.88. The summed E-state index contributed by atoms with van der Waals surface area (Å²) in [6.45, 7) is 3.76. The average molecular weight is 283 g/mol. The fourth-order valence-corrected chi connectivity index (χ4v) is 2.37. The van der Waals surface area contributed by atoms with Crippen LogP contribution in [0.5, 0.6) is 0 Å². The summed E-state index contributed by atoms with van der Waals surface area (Å²) < 4.78 is 5.23. The molecule has 19 heavy (non-hydrogen) atoms. The molecule has 0 aliphatic heterocycles. The molecule has 0 saturated heterocycles. The monoisotopic (exact) mass is 282 g/mol. The van der Waals surface area contributed by atoms with Gasteiger partial charge in [-0.15, -0.1) is 0 Å². The van der Waals surface area contributed by atoms with Gasteiger partial charge in [-0.25, -0.2) is 0 Å². The molecule has 1 aromatic rings. The van der Waals surface area contributed by atoms with E-state index in [0.29, 0.717) is 18.7 Å². The van der Waals surface area contributed by atoms with Gasteiger partial charge in [0.25, 0.3) is 0 Å². The van der Waals surface area contributed by atoms with Crippen LogP contribution in [-0.2, 0) is 11.3 Å². The maximum absolute atomic E-state index is 6.12. The lowest BCUT2D eigenvalue weighted by atomic mass is 10.1. The number of anilines is 1. The molecule has 106 valence electrons. The second-order valence-corrected chi connectivity index (χ2v) is 5.78. The second kappa shape index (κ2) is 6.60. The van der Waals surface area contributed by atoms with Crippen molar-refractivity contribution in [2.75, 3.05) is 25.7 Å². The van der Waals surface area contributed by atoms with Gasteiger partial charge in [0.1, 0.15) is 0 Å². The number of nitrogens with zero attached hydrogens (tertiary/aromatic N) is 1. The third-order valence-electron chi connectivity index (χ3n) is 3.65. The Bertz CT molecular complexity index is 421. The predicted octanol–water partition coefficient (Wildman–Crippen LogP) is 3.06. The first-order valence-corrected chi connectivity index (χ1v) is 7.23. The van der Waals surface area contributed by atoms with Gasteiger partial charge in [0.15, 0.2) is 0 Å². The molecule has 1 atom stereocenters. The Morgan fingerprint density at radius 3 is 2.84 bits per heavy atom. The van der Waals surface area contributed by atoms with Crippen molar-refractivity contribution in [3.8, 4) is 0 Å². The van der Waals surface area contributed by atoms with Gasteiger partial charge >= 0.3 is 0 Å². The van der Waals surface area contributed by atoms with Gasteiger partial charge < -0.3 is 15.0 Å². The van der Waals surface area contributed by atoms with Crippen LogP contribution in [0.2, 0.25) is 5.02 Å². The van der Waals surface area contributed by atoms with Crippen LogP contribution in [0.25, 0.3) is 0 Å². The summed E-state index contributed by atoms with van der Waals surface area (Å²) in [5, 5.41) is 4.35. The molecule has 1 aromatic carbocycles. The van der Waals surface area contributed by atoms with Crippen molar-refractivity contribution in [1.29, 1.82) is 0 Å². The van der Waals surface area contributed by atoms with Crippen LogP contribution in [0.4, 0.5) is 5.69 Å². The van der Waals surface area contributed by atoms with Crippen molar-refractivity contribution < 1.29 is 4.74 Å². The molecular weight excluding hydrogens is 260 g/mol. The van der Waals surface area contributed by atoms with Crippen LogP contribution in [0.15, 0.2) is 18.2 Å². The van der Waals surface area contributed by atoms with Gasteiger partial charge in [0.2, 0.25) is 0 Å². The first-order chi connectivity index (χ1) is 9.11. The summed E-state index contributed by atoms with van der Waals surface area (Å²) in [6.07, 6.45) is 2.59. The van der Waals surface area contributed by atoms with Gasteiger partial charge in [-0.1, -0.05) is 11.6 Å². The van der Waals surface area contributed by atoms with Crippen molar-refractivity contribution in [3.63, 3.8) is 0 Å². The normalized spacial score (nSPS) is 16.4. The molecule has 0 spiro atoms. The van der Waals surface area contributed by atoms with Gasteiger partial charge in [-0.05, 0) is 43.5 Å². The van der Waals surface area contributed by atoms with Crippen molar-refractivity contribution in [1.82, 2.24) is 5.32 Å². The molecule has 1 N–H and O–H groups in total. The van der Waals surface area contributed by atoms with Gasteiger partial charge in [-0.2, -0.15) is 0 Å². The van der Waals surface area contributed by atoms with E-state index < -0.39 is 0 Å². The summed E-state index contributed by atoms with van der Waals surface area (Å²) in [6, 6.07) is 7.15. The first kappa shape index (κ1) is 14.6. The van der Waals surface area contributed by atoms with Gasteiger partial charge in [0, 0.05) is 43.5 Å². The Labute approximate surface area is 120 Å².